The summed E-state index contributed by atoms with van der Waals surface area (Å²) in [5.74, 6) is 1.14. The topological polar surface area (TPSA) is 77.8 Å². The SMILES string of the molecule is Cc1nc(N)c(C)c(Sc2ncco2)n1. The van der Waals surface area contributed by atoms with E-state index in [1.165, 1.54) is 18.0 Å². The number of aryl methyl sites for hydroxylation is 1. The van der Waals surface area contributed by atoms with Crippen molar-refractivity contribution in [3.05, 3.63) is 23.8 Å². The molecule has 2 heterocycles. The Labute approximate surface area is 91.1 Å². The number of anilines is 1. The minimum atomic E-state index is 0.497. The fourth-order valence-corrected chi connectivity index (χ4v) is 1.88. The molecule has 0 saturated carbocycles. The van der Waals surface area contributed by atoms with Gasteiger partial charge in [-0.3, -0.25) is 0 Å². The quantitative estimate of drug-likeness (QED) is 0.781. The fourth-order valence-electron chi connectivity index (χ4n) is 1.07. The van der Waals surface area contributed by atoms with Crippen molar-refractivity contribution in [1.29, 1.82) is 0 Å². The molecular weight excluding hydrogens is 212 g/mol. The van der Waals surface area contributed by atoms with Crippen LogP contribution in [0, 0.1) is 13.8 Å². The monoisotopic (exact) mass is 222 g/mol. The summed E-state index contributed by atoms with van der Waals surface area (Å²) in [5, 5.41) is 1.33. The van der Waals surface area contributed by atoms with Gasteiger partial charge in [0.25, 0.3) is 5.22 Å². The first-order valence-corrected chi connectivity index (χ1v) is 5.16. The molecule has 6 heteroatoms. The molecule has 2 N–H and O–H groups in total. The van der Waals surface area contributed by atoms with Crippen molar-refractivity contribution in [2.45, 2.75) is 24.1 Å². The second-order valence-corrected chi connectivity index (χ2v) is 3.93. The third-order valence-corrected chi connectivity index (χ3v) is 2.81. The van der Waals surface area contributed by atoms with E-state index in [1.807, 2.05) is 6.92 Å². The van der Waals surface area contributed by atoms with Crippen LogP contribution in [-0.4, -0.2) is 15.0 Å². The van der Waals surface area contributed by atoms with E-state index >= 15 is 0 Å². The van der Waals surface area contributed by atoms with Crippen molar-refractivity contribution in [2.75, 3.05) is 5.73 Å². The summed E-state index contributed by atoms with van der Waals surface area (Å²) < 4.78 is 5.12. The summed E-state index contributed by atoms with van der Waals surface area (Å²) in [7, 11) is 0. The molecule has 0 aromatic carbocycles. The Bertz CT molecular complexity index is 469. The zero-order chi connectivity index (χ0) is 10.8. The zero-order valence-electron chi connectivity index (χ0n) is 8.39. The number of hydrogen-bond acceptors (Lipinski definition) is 6. The number of nitrogen functional groups attached to an aromatic ring is 1. The van der Waals surface area contributed by atoms with Crippen molar-refractivity contribution in [1.82, 2.24) is 15.0 Å². The third kappa shape index (κ3) is 2.10. The highest BCUT2D eigenvalue weighted by atomic mass is 32.2. The number of hydrogen-bond donors (Lipinski definition) is 1. The first-order chi connectivity index (χ1) is 7.16. The van der Waals surface area contributed by atoms with E-state index in [4.69, 9.17) is 10.2 Å². The molecule has 0 saturated heterocycles. The highest BCUT2D eigenvalue weighted by Crippen LogP contribution is 2.28. The average molecular weight is 222 g/mol. The molecule has 0 amide bonds. The van der Waals surface area contributed by atoms with Crippen molar-refractivity contribution < 1.29 is 4.42 Å². The Morgan fingerprint density at radius 1 is 1.33 bits per heavy atom. The summed E-state index contributed by atoms with van der Waals surface area (Å²) in [6.07, 6.45) is 3.12. The Hall–Kier alpha value is -1.56. The molecule has 0 fully saturated rings. The van der Waals surface area contributed by atoms with Gasteiger partial charge >= 0.3 is 0 Å². The molecule has 0 aliphatic carbocycles. The minimum Gasteiger partial charge on any atom is -0.440 e. The number of nitrogens with zero attached hydrogens (tertiary/aromatic N) is 3. The van der Waals surface area contributed by atoms with E-state index in [0.717, 1.165) is 10.6 Å². The summed E-state index contributed by atoms with van der Waals surface area (Å²) in [4.78, 5) is 12.4. The van der Waals surface area contributed by atoms with Crippen LogP contribution in [0.4, 0.5) is 5.82 Å². The molecule has 15 heavy (non-hydrogen) atoms. The van der Waals surface area contributed by atoms with Gasteiger partial charge in [0.1, 0.15) is 22.9 Å². The number of nitrogens with two attached hydrogens (primary N) is 1. The van der Waals surface area contributed by atoms with E-state index in [-0.39, 0.29) is 0 Å². The lowest BCUT2D eigenvalue weighted by molar-refractivity contribution is 0.454. The van der Waals surface area contributed by atoms with Crippen LogP contribution in [0.25, 0.3) is 0 Å². The van der Waals surface area contributed by atoms with Gasteiger partial charge in [-0.1, -0.05) is 0 Å². The lowest BCUT2D eigenvalue weighted by Crippen LogP contribution is -2.01. The van der Waals surface area contributed by atoms with Crippen LogP contribution in [0.1, 0.15) is 11.4 Å². The first-order valence-electron chi connectivity index (χ1n) is 4.35. The second-order valence-electron chi connectivity index (χ2n) is 2.99. The van der Waals surface area contributed by atoms with E-state index in [0.29, 0.717) is 16.9 Å². The van der Waals surface area contributed by atoms with Gasteiger partial charge in [-0.05, 0) is 25.6 Å². The third-order valence-electron chi connectivity index (χ3n) is 1.84. The Morgan fingerprint density at radius 3 is 2.80 bits per heavy atom. The van der Waals surface area contributed by atoms with Crippen molar-refractivity contribution in [3.8, 4) is 0 Å². The highest BCUT2D eigenvalue weighted by molar-refractivity contribution is 7.99. The smallest absolute Gasteiger partial charge is 0.261 e. The molecule has 2 rings (SSSR count). The van der Waals surface area contributed by atoms with Gasteiger partial charge in [0.05, 0.1) is 6.20 Å². The maximum Gasteiger partial charge on any atom is 0.261 e. The minimum absolute atomic E-state index is 0.497. The highest BCUT2D eigenvalue weighted by Gasteiger charge is 2.10. The average Bonchev–Trinajstić information content (AvgIpc) is 2.66. The first kappa shape index (κ1) is 9.97. The molecule has 0 radical (unpaired) electrons. The van der Waals surface area contributed by atoms with Gasteiger partial charge in [0.2, 0.25) is 0 Å². The summed E-state index contributed by atoms with van der Waals surface area (Å²) in [6.45, 7) is 3.68. The second kappa shape index (κ2) is 3.90. The number of rotatable bonds is 2. The summed E-state index contributed by atoms with van der Waals surface area (Å²) in [5.41, 5.74) is 6.59. The van der Waals surface area contributed by atoms with Crippen LogP contribution in [0.5, 0.6) is 0 Å². The van der Waals surface area contributed by atoms with Crippen LogP contribution in [0.3, 0.4) is 0 Å². The molecule has 0 unspecified atom stereocenters. The predicted molar refractivity (Wildman–Crippen MR) is 56.5 cm³/mol. The van der Waals surface area contributed by atoms with Crippen LogP contribution in [0.2, 0.25) is 0 Å². The van der Waals surface area contributed by atoms with Crippen LogP contribution >= 0.6 is 11.8 Å². The fraction of sp³-hybridized carbons (Fsp3) is 0.222. The zero-order valence-corrected chi connectivity index (χ0v) is 9.21. The Kier molecular flexibility index (Phi) is 2.59. The van der Waals surface area contributed by atoms with E-state index in [9.17, 15) is 0 Å². The molecular formula is C9H10N4OS. The van der Waals surface area contributed by atoms with Crippen LogP contribution in [-0.2, 0) is 0 Å². The molecule has 0 spiro atoms. The Balaban J connectivity index is 2.36. The molecule has 0 aliphatic rings. The van der Waals surface area contributed by atoms with Crippen molar-refractivity contribution in [3.63, 3.8) is 0 Å². The van der Waals surface area contributed by atoms with Crippen molar-refractivity contribution in [2.24, 2.45) is 0 Å². The predicted octanol–water partition coefficient (Wildman–Crippen LogP) is 1.81. The maximum absolute atomic E-state index is 5.73. The molecule has 78 valence electrons. The van der Waals surface area contributed by atoms with Gasteiger partial charge in [-0.15, -0.1) is 0 Å². The molecule has 2 aromatic rings. The summed E-state index contributed by atoms with van der Waals surface area (Å²) >= 11 is 1.34. The lowest BCUT2D eigenvalue weighted by atomic mass is 10.3. The van der Waals surface area contributed by atoms with Gasteiger partial charge in [0, 0.05) is 5.56 Å². The lowest BCUT2D eigenvalue weighted by Gasteiger charge is -2.05. The van der Waals surface area contributed by atoms with E-state index in [1.54, 1.807) is 13.1 Å². The van der Waals surface area contributed by atoms with Gasteiger partial charge in [0.15, 0.2) is 0 Å². The van der Waals surface area contributed by atoms with E-state index in [2.05, 4.69) is 15.0 Å². The molecule has 0 aliphatic heterocycles. The van der Waals surface area contributed by atoms with Gasteiger partial charge < -0.3 is 10.2 Å². The van der Waals surface area contributed by atoms with Gasteiger partial charge in [-0.25, -0.2) is 15.0 Å². The molecule has 0 atom stereocenters. The van der Waals surface area contributed by atoms with Crippen LogP contribution in [0.15, 0.2) is 27.1 Å². The van der Waals surface area contributed by atoms with E-state index < -0.39 is 0 Å². The van der Waals surface area contributed by atoms with Gasteiger partial charge in [-0.2, -0.15) is 0 Å². The molecule has 0 bridgehead atoms. The number of oxazole rings is 1. The van der Waals surface area contributed by atoms with Crippen molar-refractivity contribution >= 4 is 17.6 Å². The largest absolute Gasteiger partial charge is 0.440 e. The molecule has 5 nitrogen and oxygen atoms in total. The number of aromatic nitrogens is 3. The van der Waals surface area contributed by atoms with Crippen LogP contribution < -0.4 is 5.73 Å². The standard InChI is InChI=1S/C9H10N4OS/c1-5-7(10)12-6(2)13-8(5)15-9-11-3-4-14-9/h3-4H,1-2H3,(H2,10,12,13). The molecule has 2 aromatic heterocycles. The normalized spacial score (nSPS) is 10.5. The summed E-state index contributed by atoms with van der Waals surface area (Å²) in [6, 6.07) is 0. The Morgan fingerprint density at radius 2 is 2.13 bits per heavy atom. The maximum atomic E-state index is 5.73.